The topological polar surface area (TPSA) is 126 Å². The van der Waals surface area contributed by atoms with E-state index < -0.39 is 16.2 Å². The van der Waals surface area contributed by atoms with Gasteiger partial charge in [0.15, 0.2) is 0 Å². The molecule has 1 unspecified atom stereocenters. The molecule has 1 heterocycles. The van der Waals surface area contributed by atoms with E-state index in [1.54, 1.807) is 57.3 Å². The second-order valence-electron chi connectivity index (χ2n) is 8.85. The summed E-state index contributed by atoms with van der Waals surface area (Å²) in [7, 11) is 0. The summed E-state index contributed by atoms with van der Waals surface area (Å²) in [4.78, 5) is 40.4. The van der Waals surface area contributed by atoms with Crippen LogP contribution in [0.1, 0.15) is 49.8 Å². The van der Waals surface area contributed by atoms with E-state index in [9.17, 15) is 19.7 Å². The molecule has 2 aromatic carbocycles. The minimum Gasteiger partial charge on any atom is -0.371 e. The van der Waals surface area contributed by atoms with E-state index in [0.717, 1.165) is 5.69 Å². The van der Waals surface area contributed by atoms with Crippen LogP contribution >= 0.6 is 0 Å². The van der Waals surface area contributed by atoms with Gasteiger partial charge in [-0.25, -0.2) is 0 Å². The highest BCUT2D eigenvalue weighted by atomic mass is 16.6. The normalized spacial score (nSPS) is 11.9. The number of hydrogen-bond donors (Lipinski definition) is 3. The number of nitro benzene ring substituents is 1. The highest BCUT2D eigenvalue weighted by Crippen LogP contribution is 2.29. The van der Waals surface area contributed by atoms with Crippen molar-refractivity contribution in [3.63, 3.8) is 0 Å². The van der Waals surface area contributed by atoms with Crippen molar-refractivity contribution in [1.82, 2.24) is 4.98 Å². The van der Waals surface area contributed by atoms with Gasteiger partial charge in [-0.05, 0) is 49.4 Å². The molecule has 0 saturated carbocycles. The van der Waals surface area contributed by atoms with Gasteiger partial charge in [-0.1, -0.05) is 32.9 Å². The van der Waals surface area contributed by atoms with Gasteiger partial charge in [0, 0.05) is 34.6 Å². The number of amides is 2. The second-order valence-corrected chi connectivity index (χ2v) is 8.85. The second kappa shape index (κ2) is 10.1. The summed E-state index contributed by atoms with van der Waals surface area (Å²) >= 11 is 0. The summed E-state index contributed by atoms with van der Waals surface area (Å²) in [6.45, 7) is 7.25. The van der Waals surface area contributed by atoms with Crippen LogP contribution in [0.2, 0.25) is 0 Å². The van der Waals surface area contributed by atoms with E-state index in [0.29, 0.717) is 11.4 Å². The maximum atomic E-state index is 12.8. The molecular weight excluding hydrogens is 434 g/mol. The maximum Gasteiger partial charge on any atom is 0.293 e. The van der Waals surface area contributed by atoms with Crippen LogP contribution in [-0.4, -0.2) is 21.7 Å². The van der Waals surface area contributed by atoms with Crippen molar-refractivity contribution in [1.29, 1.82) is 0 Å². The fourth-order valence-electron chi connectivity index (χ4n) is 3.08. The number of anilines is 3. The van der Waals surface area contributed by atoms with Gasteiger partial charge >= 0.3 is 0 Å². The standard InChI is InChI=1S/C25H27N5O4/c1-16(20-10-5-6-13-26-20)27-21-12-11-17(14-22(21)30(33)34)23(31)28-18-8-7-9-19(15-18)29-24(32)25(2,3)4/h5-16,27H,1-4H3,(H,28,31)(H,29,32). The first-order valence-corrected chi connectivity index (χ1v) is 10.7. The number of benzene rings is 2. The largest absolute Gasteiger partial charge is 0.371 e. The summed E-state index contributed by atoms with van der Waals surface area (Å²) in [5, 5.41) is 20.3. The van der Waals surface area contributed by atoms with Crippen LogP contribution in [0.15, 0.2) is 66.9 Å². The molecule has 1 aromatic heterocycles. The predicted octanol–water partition coefficient (Wildman–Crippen LogP) is 5.40. The molecule has 9 heteroatoms. The summed E-state index contributed by atoms with van der Waals surface area (Å²) in [5.41, 5.74) is 1.34. The van der Waals surface area contributed by atoms with Crippen LogP contribution in [0.4, 0.5) is 22.7 Å². The number of rotatable bonds is 7. The molecule has 9 nitrogen and oxygen atoms in total. The van der Waals surface area contributed by atoms with Crippen molar-refractivity contribution in [2.75, 3.05) is 16.0 Å². The zero-order chi connectivity index (χ0) is 24.9. The van der Waals surface area contributed by atoms with Crippen molar-refractivity contribution >= 4 is 34.6 Å². The Morgan fingerprint density at radius 2 is 1.68 bits per heavy atom. The maximum absolute atomic E-state index is 12.8. The summed E-state index contributed by atoms with van der Waals surface area (Å²) in [6, 6.07) is 16.1. The molecular formula is C25H27N5O4. The fourth-order valence-corrected chi connectivity index (χ4v) is 3.08. The van der Waals surface area contributed by atoms with Crippen LogP contribution in [0.3, 0.4) is 0 Å². The monoisotopic (exact) mass is 461 g/mol. The van der Waals surface area contributed by atoms with Gasteiger partial charge in [-0.2, -0.15) is 0 Å². The molecule has 3 N–H and O–H groups in total. The molecule has 0 saturated heterocycles. The Balaban J connectivity index is 1.77. The molecule has 1 atom stereocenters. The number of carbonyl (C=O) groups excluding carboxylic acids is 2. The van der Waals surface area contributed by atoms with Crippen LogP contribution in [0.25, 0.3) is 0 Å². The zero-order valence-corrected chi connectivity index (χ0v) is 19.5. The van der Waals surface area contributed by atoms with E-state index in [1.807, 2.05) is 19.1 Å². The molecule has 3 rings (SSSR count). The molecule has 0 spiro atoms. The van der Waals surface area contributed by atoms with Gasteiger partial charge in [-0.15, -0.1) is 0 Å². The molecule has 3 aromatic rings. The first kappa shape index (κ1) is 24.4. The molecule has 0 aliphatic heterocycles. The summed E-state index contributed by atoms with van der Waals surface area (Å²) in [6.07, 6.45) is 1.65. The number of hydrogen-bond acceptors (Lipinski definition) is 6. The molecule has 0 bridgehead atoms. The van der Waals surface area contributed by atoms with Gasteiger partial charge < -0.3 is 16.0 Å². The van der Waals surface area contributed by atoms with E-state index in [2.05, 4.69) is 20.9 Å². The smallest absolute Gasteiger partial charge is 0.293 e. The van der Waals surface area contributed by atoms with Crippen LogP contribution in [-0.2, 0) is 4.79 Å². The van der Waals surface area contributed by atoms with Gasteiger partial charge in [0.1, 0.15) is 5.69 Å². The molecule has 0 fully saturated rings. The first-order chi connectivity index (χ1) is 16.0. The highest BCUT2D eigenvalue weighted by Gasteiger charge is 2.22. The molecule has 2 amide bonds. The number of aromatic nitrogens is 1. The summed E-state index contributed by atoms with van der Waals surface area (Å²) < 4.78 is 0. The van der Waals surface area contributed by atoms with Crippen molar-refractivity contribution < 1.29 is 14.5 Å². The van der Waals surface area contributed by atoms with Gasteiger partial charge in [0.2, 0.25) is 5.91 Å². The van der Waals surface area contributed by atoms with Crippen molar-refractivity contribution in [2.45, 2.75) is 33.7 Å². The Labute approximate surface area is 197 Å². The van der Waals surface area contributed by atoms with E-state index in [4.69, 9.17) is 0 Å². The minimum atomic E-state index is -0.567. The number of nitrogens with zero attached hydrogens (tertiary/aromatic N) is 2. The first-order valence-electron chi connectivity index (χ1n) is 10.7. The molecule has 0 aliphatic rings. The Hall–Kier alpha value is -4.27. The number of pyridine rings is 1. The van der Waals surface area contributed by atoms with E-state index >= 15 is 0 Å². The quantitative estimate of drug-likeness (QED) is 0.319. The van der Waals surface area contributed by atoms with Crippen molar-refractivity contribution in [3.8, 4) is 0 Å². The molecule has 176 valence electrons. The lowest BCUT2D eigenvalue weighted by Crippen LogP contribution is -2.27. The van der Waals surface area contributed by atoms with Crippen molar-refractivity contribution in [3.05, 3.63) is 88.2 Å². The lowest BCUT2D eigenvalue weighted by molar-refractivity contribution is -0.384. The van der Waals surface area contributed by atoms with Gasteiger partial charge in [0.05, 0.1) is 16.7 Å². The number of carbonyl (C=O) groups is 2. The zero-order valence-electron chi connectivity index (χ0n) is 19.5. The molecule has 0 aliphatic carbocycles. The third-order valence-corrected chi connectivity index (χ3v) is 5.02. The Morgan fingerprint density at radius 1 is 0.971 bits per heavy atom. The van der Waals surface area contributed by atoms with E-state index in [1.165, 1.54) is 18.2 Å². The third-order valence-electron chi connectivity index (χ3n) is 5.02. The highest BCUT2D eigenvalue weighted by molar-refractivity contribution is 6.05. The van der Waals surface area contributed by atoms with Gasteiger partial charge in [-0.3, -0.25) is 24.7 Å². The number of nitrogens with one attached hydrogen (secondary N) is 3. The minimum absolute atomic E-state index is 0.131. The van der Waals surface area contributed by atoms with Crippen LogP contribution in [0, 0.1) is 15.5 Å². The fraction of sp³-hybridized carbons (Fsp3) is 0.240. The Kier molecular flexibility index (Phi) is 7.25. The third kappa shape index (κ3) is 6.16. The summed E-state index contributed by atoms with van der Waals surface area (Å²) in [5.74, 6) is -0.665. The van der Waals surface area contributed by atoms with Crippen LogP contribution < -0.4 is 16.0 Å². The Morgan fingerprint density at radius 3 is 2.29 bits per heavy atom. The van der Waals surface area contributed by atoms with Crippen LogP contribution in [0.5, 0.6) is 0 Å². The number of nitro groups is 1. The molecule has 0 radical (unpaired) electrons. The average molecular weight is 462 g/mol. The molecule has 34 heavy (non-hydrogen) atoms. The average Bonchev–Trinajstić information content (AvgIpc) is 2.79. The van der Waals surface area contributed by atoms with Crippen molar-refractivity contribution in [2.24, 2.45) is 5.41 Å². The Bertz CT molecular complexity index is 1210. The van der Waals surface area contributed by atoms with Gasteiger partial charge in [0.25, 0.3) is 11.6 Å². The van der Waals surface area contributed by atoms with E-state index in [-0.39, 0.29) is 28.9 Å². The lowest BCUT2D eigenvalue weighted by Gasteiger charge is -2.18. The SMILES string of the molecule is CC(Nc1ccc(C(=O)Nc2cccc(NC(=O)C(C)(C)C)c2)cc1[N+](=O)[O-])c1ccccn1. The lowest BCUT2D eigenvalue weighted by atomic mass is 9.95. The predicted molar refractivity (Wildman–Crippen MR) is 132 cm³/mol.